The molecule has 264 valence electrons. The maximum Gasteiger partial charge on any atom is 0.164 e. The zero-order chi connectivity index (χ0) is 37.3. The third-order valence-corrected chi connectivity index (χ3v) is 10.6. The van der Waals surface area contributed by atoms with Crippen molar-refractivity contribution in [1.82, 2.24) is 15.0 Å². The van der Waals surface area contributed by atoms with Crippen molar-refractivity contribution in [3.05, 3.63) is 217 Å². The van der Waals surface area contributed by atoms with E-state index in [2.05, 4.69) is 175 Å². The van der Waals surface area contributed by atoms with Crippen molar-refractivity contribution in [2.75, 3.05) is 4.90 Å². The summed E-state index contributed by atoms with van der Waals surface area (Å²) in [7, 11) is 0. The van der Waals surface area contributed by atoms with Gasteiger partial charge in [-0.1, -0.05) is 176 Å². The quantitative estimate of drug-likeness (QED) is 0.157. The second kappa shape index (κ2) is 14.4. The molecule has 0 fully saturated rings. The van der Waals surface area contributed by atoms with Gasteiger partial charge >= 0.3 is 0 Å². The van der Waals surface area contributed by atoms with Crippen LogP contribution in [-0.2, 0) is 6.42 Å². The lowest BCUT2D eigenvalue weighted by molar-refractivity contribution is 1.07. The van der Waals surface area contributed by atoms with E-state index in [4.69, 9.17) is 15.0 Å². The molecule has 8 aromatic carbocycles. The molecule has 0 unspecified atom stereocenters. The van der Waals surface area contributed by atoms with E-state index in [0.717, 1.165) is 45.7 Å². The van der Waals surface area contributed by atoms with Crippen LogP contribution < -0.4 is 4.90 Å². The molecule has 0 saturated carbocycles. The Morgan fingerprint density at radius 1 is 0.304 bits per heavy atom. The second-order valence-electron chi connectivity index (χ2n) is 14.0. The number of anilines is 3. The Balaban J connectivity index is 1.15. The Kier molecular flexibility index (Phi) is 8.54. The highest BCUT2D eigenvalue weighted by atomic mass is 15.1. The van der Waals surface area contributed by atoms with Gasteiger partial charge in [0.15, 0.2) is 17.5 Å². The average Bonchev–Trinajstić information content (AvgIpc) is 3.68. The van der Waals surface area contributed by atoms with Crippen LogP contribution in [0.25, 0.3) is 67.5 Å². The smallest absolute Gasteiger partial charge is 0.164 e. The zero-order valence-corrected chi connectivity index (χ0v) is 30.6. The van der Waals surface area contributed by atoms with Crippen molar-refractivity contribution in [3.8, 4) is 67.5 Å². The molecule has 0 bridgehead atoms. The molecule has 0 aliphatic heterocycles. The van der Waals surface area contributed by atoms with E-state index in [9.17, 15) is 0 Å². The molecule has 0 N–H and O–H groups in total. The molecule has 0 atom stereocenters. The summed E-state index contributed by atoms with van der Waals surface area (Å²) in [6.07, 6.45) is 0.822. The Labute approximate surface area is 327 Å². The monoisotopic (exact) mass is 716 g/mol. The SMILES string of the molecule is c1ccc(-c2ccc(N(c3ccc(-c4ccccc4)cc3)c3cccc4c3-c3c(cccc3-c3nc(-c5ccccc5)nc(-c5ccccc5)n3)C4)cc2)cc1. The summed E-state index contributed by atoms with van der Waals surface area (Å²) in [5.74, 6) is 1.96. The first-order valence-corrected chi connectivity index (χ1v) is 19.0. The first kappa shape index (κ1) is 33.2. The van der Waals surface area contributed by atoms with Gasteiger partial charge in [-0.2, -0.15) is 0 Å². The van der Waals surface area contributed by atoms with Gasteiger partial charge in [0.05, 0.1) is 5.69 Å². The van der Waals surface area contributed by atoms with Gasteiger partial charge in [0.2, 0.25) is 0 Å². The molecule has 0 spiro atoms. The minimum absolute atomic E-state index is 0.650. The van der Waals surface area contributed by atoms with Crippen LogP contribution in [0, 0.1) is 0 Å². The van der Waals surface area contributed by atoms with Gasteiger partial charge in [0.25, 0.3) is 0 Å². The summed E-state index contributed by atoms with van der Waals surface area (Å²) in [5.41, 5.74) is 15.8. The topological polar surface area (TPSA) is 41.9 Å². The highest BCUT2D eigenvalue weighted by Crippen LogP contribution is 2.50. The fraction of sp³-hybridized carbons (Fsp3) is 0.0192. The summed E-state index contributed by atoms with van der Waals surface area (Å²) in [6.45, 7) is 0. The number of hydrogen-bond acceptors (Lipinski definition) is 4. The second-order valence-corrected chi connectivity index (χ2v) is 14.0. The van der Waals surface area contributed by atoms with Crippen LogP contribution in [0.1, 0.15) is 11.1 Å². The van der Waals surface area contributed by atoms with Gasteiger partial charge in [-0.3, -0.25) is 0 Å². The van der Waals surface area contributed by atoms with Crippen molar-refractivity contribution >= 4 is 17.1 Å². The first-order valence-electron chi connectivity index (χ1n) is 19.0. The van der Waals surface area contributed by atoms with E-state index >= 15 is 0 Å². The van der Waals surface area contributed by atoms with Crippen molar-refractivity contribution in [2.24, 2.45) is 0 Å². The molecule has 1 aliphatic carbocycles. The molecular weight excluding hydrogens is 681 g/mol. The van der Waals surface area contributed by atoms with Gasteiger partial charge in [-0.15, -0.1) is 0 Å². The summed E-state index contributed by atoms with van der Waals surface area (Å²) < 4.78 is 0. The lowest BCUT2D eigenvalue weighted by Gasteiger charge is -2.28. The predicted molar refractivity (Wildman–Crippen MR) is 230 cm³/mol. The average molecular weight is 717 g/mol. The lowest BCUT2D eigenvalue weighted by Crippen LogP contribution is -2.11. The molecular formula is C52H36N4. The minimum Gasteiger partial charge on any atom is -0.310 e. The number of aromatic nitrogens is 3. The van der Waals surface area contributed by atoms with Crippen LogP contribution in [0.15, 0.2) is 206 Å². The minimum atomic E-state index is 0.650. The number of benzene rings is 8. The Bertz CT molecular complexity index is 2640. The Morgan fingerprint density at radius 3 is 1.18 bits per heavy atom. The van der Waals surface area contributed by atoms with Crippen molar-refractivity contribution < 1.29 is 0 Å². The van der Waals surface area contributed by atoms with Crippen LogP contribution >= 0.6 is 0 Å². The maximum atomic E-state index is 5.18. The standard InChI is InChI=1S/C52H36N4/c1-5-15-36(16-6-1)38-27-31-44(32-28-38)56(45-33-29-39(30-34-45)37-17-7-2-8-18-37)47-26-14-24-43-35-42-23-13-25-46(48(42)49(43)47)52-54-50(40-19-9-3-10-20-40)53-51(55-52)41-21-11-4-12-22-41/h1-34H,35H2. The fourth-order valence-corrected chi connectivity index (χ4v) is 7.87. The summed E-state index contributed by atoms with van der Waals surface area (Å²) in [5, 5.41) is 0. The van der Waals surface area contributed by atoms with Gasteiger partial charge in [0, 0.05) is 33.6 Å². The number of nitrogens with zero attached hydrogens (tertiary/aromatic N) is 4. The largest absolute Gasteiger partial charge is 0.310 e. The third-order valence-electron chi connectivity index (χ3n) is 10.6. The molecule has 4 heteroatoms. The summed E-state index contributed by atoms with van der Waals surface area (Å²) >= 11 is 0. The Hall–Kier alpha value is -7.43. The van der Waals surface area contributed by atoms with Crippen LogP contribution in [0.5, 0.6) is 0 Å². The predicted octanol–water partition coefficient (Wildman–Crippen LogP) is 13.2. The van der Waals surface area contributed by atoms with Crippen LogP contribution in [-0.4, -0.2) is 15.0 Å². The number of fused-ring (bicyclic) bond motifs is 3. The van der Waals surface area contributed by atoms with E-state index in [1.54, 1.807) is 0 Å². The number of rotatable bonds is 8. The molecule has 56 heavy (non-hydrogen) atoms. The first-order chi connectivity index (χ1) is 27.8. The van der Waals surface area contributed by atoms with E-state index in [0.29, 0.717) is 17.5 Å². The molecule has 1 aromatic heterocycles. The normalized spacial score (nSPS) is 11.5. The highest BCUT2D eigenvalue weighted by Gasteiger charge is 2.29. The number of hydrogen-bond donors (Lipinski definition) is 0. The van der Waals surface area contributed by atoms with Gasteiger partial charge in [0.1, 0.15) is 0 Å². The fourth-order valence-electron chi connectivity index (χ4n) is 7.87. The molecule has 1 heterocycles. The third kappa shape index (κ3) is 6.23. The maximum absolute atomic E-state index is 5.18. The van der Waals surface area contributed by atoms with E-state index in [1.807, 2.05) is 36.4 Å². The van der Waals surface area contributed by atoms with E-state index < -0.39 is 0 Å². The van der Waals surface area contributed by atoms with Gasteiger partial charge in [-0.05, 0) is 75.7 Å². The molecule has 1 aliphatic rings. The Morgan fingerprint density at radius 2 is 0.696 bits per heavy atom. The molecule has 9 aromatic rings. The van der Waals surface area contributed by atoms with Crippen molar-refractivity contribution in [3.63, 3.8) is 0 Å². The van der Waals surface area contributed by atoms with Gasteiger partial charge < -0.3 is 4.90 Å². The zero-order valence-electron chi connectivity index (χ0n) is 30.6. The highest BCUT2D eigenvalue weighted by molar-refractivity contribution is 5.99. The molecule has 10 rings (SSSR count). The molecule has 4 nitrogen and oxygen atoms in total. The molecule has 0 saturated heterocycles. The lowest BCUT2D eigenvalue weighted by atomic mass is 9.96. The molecule has 0 radical (unpaired) electrons. The van der Waals surface area contributed by atoms with Crippen molar-refractivity contribution in [1.29, 1.82) is 0 Å². The van der Waals surface area contributed by atoms with Crippen LogP contribution in [0.2, 0.25) is 0 Å². The summed E-state index contributed by atoms with van der Waals surface area (Å²) in [4.78, 5) is 17.7. The summed E-state index contributed by atoms with van der Waals surface area (Å²) in [6, 6.07) is 72.5. The van der Waals surface area contributed by atoms with Crippen molar-refractivity contribution in [2.45, 2.75) is 6.42 Å². The van der Waals surface area contributed by atoms with Crippen LogP contribution in [0.3, 0.4) is 0 Å². The van der Waals surface area contributed by atoms with Gasteiger partial charge in [-0.25, -0.2) is 15.0 Å². The molecule has 0 amide bonds. The van der Waals surface area contributed by atoms with E-state index in [1.165, 1.54) is 38.9 Å². The van der Waals surface area contributed by atoms with Crippen LogP contribution in [0.4, 0.5) is 17.1 Å². The van der Waals surface area contributed by atoms with E-state index in [-0.39, 0.29) is 0 Å².